The summed E-state index contributed by atoms with van der Waals surface area (Å²) in [4.78, 5) is 15.1. The normalized spacial score (nSPS) is 10.2. The molecule has 0 aliphatic rings. The monoisotopic (exact) mass is 262 g/mol. The minimum atomic E-state index is -1.35. The second-order valence-corrected chi connectivity index (χ2v) is 3.88. The van der Waals surface area contributed by atoms with Gasteiger partial charge in [-0.05, 0) is 31.2 Å². The molecule has 3 N–H and O–H groups in total. The zero-order valence-electron chi connectivity index (χ0n) is 10.1. The van der Waals surface area contributed by atoms with Gasteiger partial charge >= 0.3 is 5.97 Å². The first kappa shape index (κ1) is 12.8. The first-order valence-electron chi connectivity index (χ1n) is 5.41. The highest BCUT2D eigenvalue weighted by Crippen LogP contribution is 2.30. The van der Waals surface area contributed by atoms with Crippen molar-refractivity contribution in [2.75, 3.05) is 5.73 Å². The average Bonchev–Trinajstić information content (AvgIpc) is 2.36. The molecular formula is C13H11FN2O3. The fourth-order valence-corrected chi connectivity index (χ4v) is 1.52. The molecule has 0 spiro atoms. The van der Waals surface area contributed by atoms with E-state index in [0.717, 1.165) is 11.8 Å². The lowest BCUT2D eigenvalue weighted by molar-refractivity contribution is 0.0695. The molecule has 0 amide bonds. The maximum Gasteiger partial charge on any atom is 0.341 e. The summed E-state index contributed by atoms with van der Waals surface area (Å²) in [5.74, 6) is -1.84. The lowest BCUT2D eigenvalue weighted by Crippen LogP contribution is -2.07. The van der Waals surface area contributed by atoms with Crippen LogP contribution >= 0.6 is 0 Å². The van der Waals surface area contributed by atoms with Gasteiger partial charge in [0.05, 0.1) is 11.9 Å². The number of carboxylic acid groups (broad SMARTS) is 1. The molecule has 0 atom stereocenters. The number of pyridine rings is 1. The molecule has 0 bridgehead atoms. The van der Waals surface area contributed by atoms with Crippen molar-refractivity contribution < 1.29 is 19.0 Å². The van der Waals surface area contributed by atoms with Crippen molar-refractivity contribution in [1.29, 1.82) is 0 Å². The van der Waals surface area contributed by atoms with Gasteiger partial charge in [-0.2, -0.15) is 0 Å². The summed E-state index contributed by atoms with van der Waals surface area (Å²) in [6.45, 7) is 1.81. The average molecular weight is 262 g/mol. The Hall–Kier alpha value is -2.63. The van der Waals surface area contributed by atoms with Crippen molar-refractivity contribution in [3.05, 3.63) is 47.5 Å². The van der Waals surface area contributed by atoms with Gasteiger partial charge in [0, 0.05) is 5.69 Å². The number of anilines is 1. The van der Waals surface area contributed by atoms with Crippen LogP contribution in [0, 0.1) is 12.7 Å². The Morgan fingerprint density at radius 2 is 2.11 bits per heavy atom. The van der Waals surface area contributed by atoms with Crippen molar-refractivity contribution >= 4 is 11.7 Å². The third-order valence-electron chi connectivity index (χ3n) is 2.48. The molecule has 2 aromatic rings. The fourth-order valence-electron chi connectivity index (χ4n) is 1.52. The lowest BCUT2D eigenvalue weighted by Gasteiger charge is -2.10. The number of nitrogen functional groups attached to an aromatic ring is 1. The van der Waals surface area contributed by atoms with Gasteiger partial charge in [-0.15, -0.1) is 0 Å². The van der Waals surface area contributed by atoms with Crippen LogP contribution in [0.4, 0.5) is 10.1 Å². The molecule has 0 unspecified atom stereocenters. The highest BCUT2D eigenvalue weighted by molar-refractivity contribution is 5.97. The number of aromatic nitrogens is 1. The third-order valence-corrected chi connectivity index (χ3v) is 2.48. The molecule has 0 aliphatic heterocycles. The van der Waals surface area contributed by atoms with Crippen LogP contribution in [0.25, 0.3) is 0 Å². The summed E-state index contributed by atoms with van der Waals surface area (Å²) in [7, 11) is 0. The van der Waals surface area contributed by atoms with Gasteiger partial charge in [-0.25, -0.2) is 9.18 Å². The maximum absolute atomic E-state index is 13.3. The van der Waals surface area contributed by atoms with Crippen molar-refractivity contribution in [3.63, 3.8) is 0 Å². The van der Waals surface area contributed by atoms with Crippen LogP contribution in [0.1, 0.15) is 16.1 Å². The molecular weight excluding hydrogens is 251 g/mol. The molecule has 1 heterocycles. The van der Waals surface area contributed by atoms with Crippen molar-refractivity contribution in [2.45, 2.75) is 6.92 Å². The quantitative estimate of drug-likeness (QED) is 0.830. The van der Waals surface area contributed by atoms with Gasteiger partial charge in [0.15, 0.2) is 0 Å². The van der Waals surface area contributed by atoms with Crippen LogP contribution in [0.5, 0.6) is 11.5 Å². The van der Waals surface area contributed by atoms with E-state index in [9.17, 15) is 9.18 Å². The molecule has 0 fully saturated rings. The van der Waals surface area contributed by atoms with Crippen molar-refractivity contribution in [2.24, 2.45) is 0 Å². The first-order chi connectivity index (χ1) is 8.99. The van der Waals surface area contributed by atoms with Crippen LogP contribution in [0.2, 0.25) is 0 Å². The Kier molecular flexibility index (Phi) is 3.33. The predicted octanol–water partition coefficient (Wildman–Crippen LogP) is 2.60. The summed E-state index contributed by atoms with van der Waals surface area (Å²) in [5, 5.41) is 9.05. The van der Waals surface area contributed by atoms with Gasteiger partial charge in [-0.1, -0.05) is 0 Å². The molecule has 1 aromatic carbocycles. The van der Waals surface area contributed by atoms with E-state index in [2.05, 4.69) is 4.98 Å². The van der Waals surface area contributed by atoms with E-state index >= 15 is 0 Å². The molecule has 0 saturated heterocycles. The number of carboxylic acids is 1. The molecule has 98 valence electrons. The third kappa shape index (κ3) is 2.62. The predicted molar refractivity (Wildman–Crippen MR) is 66.8 cm³/mol. The van der Waals surface area contributed by atoms with E-state index in [0.29, 0.717) is 5.75 Å². The van der Waals surface area contributed by atoms with Crippen LogP contribution in [-0.2, 0) is 0 Å². The van der Waals surface area contributed by atoms with Crippen LogP contribution < -0.4 is 10.5 Å². The molecule has 0 radical (unpaired) electrons. The summed E-state index contributed by atoms with van der Waals surface area (Å²) >= 11 is 0. The summed E-state index contributed by atoms with van der Waals surface area (Å²) in [5.41, 5.74) is 5.35. The Labute approximate surface area is 108 Å². The zero-order valence-corrected chi connectivity index (χ0v) is 10.1. The number of rotatable bonds is 3. The standard InChI is InChI=1S/C13H11FN2O3/c1-7-2-3-8(6-16-7)19-10-5-4-9(14)12(15)11(10)13(17)18/h2-6H,15H2,1H3,(H,17,18). The molecule has 0 saturated carbocycles. The molecule has 0 aliphatic carbocycles. The molecule has 19 heavy (non-hydrogen) atoms. The van der Waals surface area contributed by atoms with Gasteiger partial charge in [0.1, 0.15) is 22.9 Å². The number of nitrogens with two attached hydrogens (primary N) is 1. The van der Waals surface area contributed by atoms with E-state index in [-0.39, 0.29) is 5.75 Å². The smallest absolute Gasteiger partial charge is 0.341 e. The minimum absolute atomic E-state index is 0.0305. The van der Waals surface area contributed by atoms with E-state index in [1.807, 2.05) is 6.92 Å². The number of aryl methyl sites for hydroxylation is 1. The topological polar surface area (TPSA) is 85.4 Å². The van der Waals surface area contributed by atoms with E-state index in [1.54, 1.807) is 12.1 Å². The van der Waals surface area contributed by atoms with E-state index in [1.165, 1.54) is 12.3 Å². The summed E-state index contributed by atoms with van der Waals surface area (Å²) in [6.07, 6.45) is 1.44. The number of carbonyl (C=O) groups is 1. The van der Waals surface area contributed by atoms with Gasteiger partial charge in [0.25, 0.3) is 0 Å². The highest BCUT2D eigenvalue weighted by Gasteiger charge is 2.19. The largest absolute Gasteiger partial charge is 0.477 e. The highest BCUT2D eigenvalue weighted by atomic mass is 19.1. The van der Waals surface area contributed by atoms with Crippen molar-refractivity contribution in [1.82, 2.24) is 4.98 Å². The van der Waals surface area contributed by atoms with Gasteiger partial charge in [-0.3, -0.25) is 4.98 Å². The SMILES string of the molecule is Cc1ccc(Oc2ccc(F)c(N)c2C(=O)O)cn1. The maximum atomic E-state index is 13.3. The molecule has 5 nitrogen and oxygen atoms in total. The summed E-state index contributed by atoms with van der Waals surface area (Å²) < 4.78 is 18.6. The minimum Gasteiger partial charge on any atom is -0.477 e. The van der Waals surface area contributed by atoms with E-state index in [4.69, 9.17) is 15.6 Å². The lowest BCUT2D eigenvalue weighted by atomic mass is 10.1. The number of hydrogen-bond acceptors (Lipinski definition) is 4. The second kappa shape index (κ2) is 4.93. The number of ether oxygens (including phenoxy) is 1. The zero-order chi connectivity index (χ0) is 14.0. The Morgan fingerprint density at radius 1 is 1.37 bits per heavy atom. The number of benzene rings is 1. The van der Waals surface area contributed by atoms with Gasteiger partial charge in [0.2, 0.25) is 0 Å². The van der Waals surface area contributed by atoms with Gasteiger partial charge < -0.3 is 15.6 Å². The number of aromatic carboxylic acids is 1. The Balaban J connectivity index is 2.42. The van der Waals surface area contributed by atoms with Crippen LogP contribution in [0.15, 0.2) is 30.5 Å². The summed E-state index contributed by atoms with van der Waals surface area (Å²) in [6, 6.07) is 5.61. The second-order valence-electron chi connectivity index (χ2n) is 3.88. The van der Waals surface area contributed by atoms with Crippen LogP contribution in [-0.4, -0.2) is 16.1 Å². The molecule has 1 aromatic heterocycles. The first-order valence-corrected chi connectivity index (χ1v) is 5.41. The fraction of sp³-hybridized carbons (Fsp3) is 0.0769. The molecule has 2 rings (SSSR count). The van der Waals surface area contributed by atoms with E-state index < -0.39 is 23.0 Å². The molecule has 6 heteroatoms. The number of hydrogen-bond donors (Lipinski definition) is 2. The Bertz CT molecular complexity index is 627. The van der Waals surface area contributed by atoms with Crippen molar-refractivity contribution in [3.8, 4) is 11.5 Å². The van der Waals surface area contributed by atoms with Crippen LogP contribution in [0.3, 0.4) is 0 Å². The number of halogens is 1. The Morgan fingerprint density at radius 3 is 2.68 bits per heavy atom. The number of nitrogens with zero attached hydrogens (tertiary/aromatic N) is 1.